The van der Waals surface area contributed by atoms with E-state index in [2.05, 4.69) is 9.77 Å². The molecule has 0 aliphatic rings. The quantitative estimate of drug-likeness (QED) is 0.320. The first-order chi connectivity index (χ1) is 11.7. The maximum absolute atomic E-state index is 12.2. The van der Waals surface area contributed by atoms with E-state index in [0.717, 1.165) is 10.8 Å². The number of ether oxygens (including phenoxy) is 1. The minimum absolute atomic E-state index is 0.136. The molecule has 1 heterocycles. The highest BCUT2D eigenvalue weighted by molar-refractivity contribution is 6.42. The lowest BCUT2D eigenvalue weighted by molar-refractivity contribution is -0.139. The number of aromatic nitrogens is 1. The summed E-state index contributed by atoms with van der Waals surface area (Å²) in [6.45, 7) is 1.90. The standard InChI is InChI=1S/C19H15N3O2/c1-2-24-19(23)18(22-20)16-12-14-8-4-3-7-13(14)11-15(16)17-9-5-6-10-21-17/h3-12H,2H2,1H3. The van der Waals surface area contributed by atoms with Crippen LogP contribution in [0.5, 0.6) is 0 Å². The average Bonchev–Trinajstić information content (AvgIpc) is 2.63. The SMILES string of the molecule is CCOC(=O)C(=[N+]=[N-])c1cc2ccccc2cc1-c1ccccn1. The third kappa shape index (κ3) is 2.93. The summed E-state index contributed by atoms with van der Waals surface area (Å²) in [5, 5.41) is 1.93. The van der Waals surface area contributed by atoms with Gasteiger partial charge in [-0.25, -0.2) is 4.79 Å². The number of hydrogen-bond donors (Lipinski definition) is 0. The molecule has 0 N–H and O–H groups in total. The smallest absolute Gasteiger partial charge is 0.422 e. The normalized spacial score (nSPS) is 10.2. The van der Waals surface area contributed by atoms with Gasteiger partial charge >= 0.3 is 11.7 Å². The van der Waals surface area contributed by atoms with Crippen LogP contribution in [0, 0.1) is 0 Å². The van der Waals surface area contributed by atoms with Crippen molar-refractivity contribution in [1.82, 2.24) is 4.98 Å². The molecule has 0 saturated heterocycles. The van der Waals surface area contributed by atoms with Crippen molar-refractivity contribution in [3.05, 3.63) is 71.9 Å². The molecule has 0 amide bonds. The molecule has 0 aliphatic carbocycles. The van der Waals surface area contributed by atoms with Crippen LogP contribution in [0.4, 0.5) is 0 Å². The first-order valence-electron chi connectivity index (χ1n) is 7.58. The fourth-order valence-corrected chi connectivity index (χ4v) is 2.57. The molecule has 3 aromatic rings. The summed E-state index contributed by atoms with van der Waals surface area (Å²) in [5.74, 6) is -0.674. The molecule has 0 spiro atoms. The Hall–Kier alpha value is -3.30. The molecule has 118 valence electrons. The van der Waals surface area contributed by atoms with Crippen LogP contribution < -0.4 is 0 Å². The topological polar surface area (TPSA) is 75.6 Å². The minimum atomic E-state index is -0.674. The molecule has 24 heavy (non-hydrogen) atoms. The molecule has 0 fully saturated rings. The second-order valence-electron chi connectivity index (χ2n) is 5.13. The highest BCUT2D eigenvalue weighted by atomic mass is 16.5. The van der Waals surface area contributed by atoms with E-state index in [1.165, 1.54) is 0 Å². The predicted octanol–water partition coefficient (Wildman–Crippen LogP) is 3.48. The predicted molar refractivity (Wildman–Crippen MR) is 91.5 cm³/mol. The van der Waals surface area contributed by atoms with Crippen molar-refractivity contribution < 1.29 is 14.3 Å². The number of pyridine rings is 1. The molecule has 0 unspecified atom stereocenters. The number of esters is 1. The largest absolute Gasteiger partial charge is 0.457 e. The molecule has 2 aromatic carbocycles. The molecule has 1 aromatic heterocycles. The summed E-state index contributed by atoms with van der Waals surface area (Å²) in [6.07, 6.45) is 1.68. The molecule has 0 aliphatic heterocycles. The van der Waals surface area contributed by atoms with Crippen LogP contribution in [-0.4, -0.2) is 28.1 Å². The van der Waals surface area contributed by atoms with Gasteiger partial charge in [0.05, 0.1) is 17.9 Å². The average molecular weight is 317 g/mol. The number of fused-ring (bicyclic) bond motifs is 1. The van der Waals surface area contributed by atoms with Crippen molar-refractivity contribution >= 4 is 22.5 Å². The molecule has 0 saturated carbocycles. The lowest BCUT2D eigenvalue weighted by Gasteiger charge is -2.08. The lowest BCUT2D eigenvalue weighted by atomic mass is 9.95. The van der Waals surface area contributed by atoms with Gasteiger partial charge in [-0.1, -0.05) is 30.3 Å². The van der Waals surface area contributed by atoms with E-state index in [1.807, 2.05) is 54.6 Å². The van der Waals surface area contributed by atoms with Crippen LogP contribution in [0.25, 0.3) is 27.6 Å². The van der Waals surface area contributed by atoms with E-state index >= 15 is 0 Å². The molecule has 0 radical (unpaired) electrons. The summed E-state index contributed by atoms with van der Waals surface area (Å²) in [4.78, 5) is 19.7. The molecule has 5 heteroatoms. The fraction of sp³-hybridized carbons (Fsp3) is 0.105. The third-order valence-electron chi connectivity index (χ3n) is 3.65. The van der Waals surface area contributed by atoms with Crippen molar-refractivity contribution in [1.29, 1.82) is 0 Å². The van der Waals surface area contributed by atoms with E-state index in [9.17, 15) is 10.3 Å². The molecule has 5 nitrogen and oxygen atoms in total. The second-order valence-corrected chi connectivity index (χ2v) is 5.13. The van der Waals surface area contributed by atoms with Gasteiger partial charge in [-0.15, -0.1) is 0 Å². The van der Waals surface area contributed by atoms with E-state index in [4.69, 9.17) is 4.74 Å². The monoisotopic (exact) mass is 317 g/mol. The van der Waals surface area contributed by atoms with Crippen LogP contribution in [0.2, 0.25) is 0 Å². The van der Waals surface area contributed by atoms with Crippen LogP contribution in [-0.2, 0) is 9.53 Å². The van der Waals surface area contributed by atoms with Gasteiger partial charge in [-0.05, 0) is 42.0 Å². The van der Waals surface area contributed by atoms with Gasteiger partial charge in [0.25, 0.3) is 0 Å². The highest BCUT2D eigenvalue weighted by Crippen LogP contribution is 2.28. The first-order valence-corrected chi connectivity index (χ1v) is 7.58. The number of hydrogen-bond acceptors (Lipinski definition) is 3. The van der Waals surface area contributed by atoms with Crippen molar-refractivity contribution in [2.75, 3.05) is 6.61 Å². The van der Waals surface area contributed by atoms with Crippen LogP contribution >= 0.6 is 0 Å². The van der Waals surface area contributed by atoms with Crippen LogP contribution in [0.3, 0.4) is 0 Å². The Labute approximate surface area is 139 Å². The Bertz CT molecular complexity index is 945. The Balaban J connectivity index is 2.28. The van der Waals surface area contributed by atoms with Crippen molar-refractivity contribution in [3.63, 3.8) is 0 Å². The molecule has 3 rings (SSSR count). The molecular weight excluding hydrogens is 302 g/mol. The van der Waals surface area contributed by atoms with Gasteiger partial charge in [0.2, 0.25) is 0 Å². The van der Waals surface area contributed by atoms with Crippen molar-refractivity contribution in [2.24, 2.45) is 0 Å². The Morgan fingerprint density at radius 2 is 1.83 bits per heavy atom. The van der Waals surface area contributed by atoms with Crippen LogP contribution in [0.1, 0.15) is 12.5 Å². The van der Waals surface area contributed by atoms with E-state index < -0.39 is 5.97 Å². The Morgan fingerprint density at radius 3 is 2.46 bits per heavy atom. The molecule has 0 bridgehead atoms. The zero-order chi connectivity index (χ0) is 16.9. The van der Waals surface area contributed by atoms with Crippen LogP contribution in [0.15, 0.2) is 60.8 Å². The van der Waals surface area contributed by atoms with Gasteiger partial charge in [-0.3, -0.25) is 4.98 Å². The van der Waals surface area contributed by atoms with Gasteiger partial charge < -0.3 is 10.3 Å². The number of carbonyl (C=O) groups excluding carboxylic acids is 1. The van der Waals surface area contributed by atoms with Gasteiger partial charge in [0.1, 0.15) is 0 Å². The maximum Gasteiger partial charge on any atom is 0.422 e. The van der Waals surface area contributed by atoms with E-state index in [1.54, 1.807) is 13.1 Å². The minimum Gasteiger partial charge on any atom is -0.457 e. The maximum atomic E-state index is 12.2. The molecule has 0 atom stereocenters. The highest BCUT2D eigenvalue weighted by Gasteiger charge is 2.28. The zero-order valence-corrected chi connectivity index (χ0v) is 13.1. The number of nitrogens with zero attached hydrogens (tertiary/aromatic N) is 3. The van der Waals surface area contributed by atoms with E-state index in [0.29, 0.717) is 16.8 Å². The fourth-order valence-electron chi connectivity index (χ4n) is 2.57. The number of rotatable bonds is 4. The van der Waals surface area contributed by atoms with Gasteiger partial charge in [0.15, 0.2) is 0 Å². The number of carbonyl (C=O) groups is 1. The number of benzene rings is 2. The van der Waals surface area contributed by atoms with Gasteiger partial charge in [-0.2, -0.15) is 4.79 Å². The second kappa shape index (κ2) is 6.86. The summed E-state index contributed by atoms with van der Waals surface area (Å²) in [7, 11) is 0. The summed E-state index contributed by atoms with van der Waals surface area (Å²) in [6, 6.07) is 17.0. The van der Waals surface area contributed by atoms with Crippen molar-refractivity contribution in [2.45, 2.75) is 6.92 Å². The molecular formula is C19H15N3O2. The third-order valence-corrected chi connectivity index (χ3v) is 3.65. The summed E-state index contributed by atoms with van der Waals surface area (Å²) < 4.78 is 5.00. The van der Waals surface area contributed by atoms with E-state index in [-0.39, 0.29) is 12.3 Å². The Morgan fingerprint density at radius 1 is 1.12 bits per heavy atom. The summed E-state index contributed by atoms with van der Waals surface area (Å²) in [5.41, 5.74) is 11.1. The van der Waals surface area contributed by atoms with Gasteiger partial charge in [0, 0.05) is 11.8 Å². The lowest BCUT2D eigenvalue weighted by Crippen LogP contribution is -2.20. The first kappa shape index (κ1) is 15.6. The zero-order valence-electron chi connectivity index (χ0n) is 13.1. The summed E-state index contributed by atoms with van der Waals surface area (Å²) >= 11 is 0. The Kier molecular flexibility index (Phi) is 4.45. The van der Waals surface area contributed by atoms with Crippen molar-refractivity contribution in [3.8, 4) is 11.3 Å².